The predicted octanol–water partition coefficient (Wildman–Crippen LogP) is 1.29. The average molecular weight is 288 g/mol. The fourth-order valence-electron chi connectivity index (χ4n) is 3.06. The van der Waals surface area contributed by atoms with E-state index in [1.807, 2.05) is 31.2 Å². The lowest BCUT2D eigenvalue weighted by Crippen LogP contribution is -2.58. The van der Waals surface area contributed by atoms with Gasteiger partial charge in [0.25, 0.3) is 0 Å². The minimum Gasteiger partial charge on any atom is -0.493 e. The number of carbonyl (C=O) groups is 2. The molecular formula is C16H20N2O3. The molecule has 2 heterocycles. The van der Waals surface area contributed by atoms with Crippen LogP contribution in [0, 0.1) is 0 Å². The number of fused-ring (bicyclic) bond motifs is 1. The molecule has 0 bridgehead atoms. The van der Waals surface area contributed by atoms with Crippen molar-refractivity contribution in [3.63, 3.8) is 0 Å². The third kappa shape index (κ3) is 2.73. The van der Waals surface area contributed by atoms with E-state index in [0.29, 0.717) is 19.6 Å². The molecule has 0 aromatic heterocycles. The van der Waals surface area contributed by atoms with Crippen molar-refractivity contribution in [3.05, 3.63) is 29.8 Å². The first-order valence-corrected chi connectivity index (χ1v) is 7.49. The van der Waals surface area contributed by atoms with Crippen molar-refractivity contribution in [1.29, 1.82) is 0 Å². The van der Waals surface area contributed by atoms with Gasteiger partial charge in [0, 0.05) is 18.0 Å². The van der Waals surface area contributed by atoms with Crippen LogP contribution in [0.2, 0.25) is 0 Å². The van der Waals surface area contributed by atoms with Crippen LogP contribution in [-0.2, 0) is 9.59 Å². The van der Waals surface area contributed by atoms with Crippen LogP contribution in [0.15, 0.2) is 24.3 Å². The molecular weight excluding hydrogens is 268 g/mol. The van der Waals surface area contributed by atoms with Gasteiger partial charge in [-0.25, -0.2) is 0 Å². The molecule has 1 saturated heterocycles. The van der Waals surface area contributed by atoms with E-state index >= 15 is 0 Å². The fraction of sp³-hybridized carbons (Fsp3) is 0.500. The van der Waals surface area contributed by atoms with Crippen LogP contribution in [0.5, 0.6) is 5.75 Å². The monoisotopic (exact) mass is 288 g/mol. The molecule has 21 heavy (non-hydrogen) atoms. The highest BCUT2D eigenvalue weighted by Crippen LogP contribution is 2.34. The summed E-state index contributed by atoms with van der Waals surface area (Å²) in [7, 11) is 0. The smallest absolute Gasteiger partial charge is 0.245 e. The number of piperazine rings is 1. The van der Waals surface area contributed by atoms with Gasteiger partial charge in [-0.3, -0.25) is 9.59 Å². The van der Waals surface area contributed by atoms with Crippen LogP contribution in [0.4, 0.5) is 0 Å². The summed E-state index contributed by atoms with van der Waals surface area (Å²) in [6.07, 6.45) is 1.57. The third-order valence-corrected chi connectivity index (χ3v) is 4.10. The lowest BCUT2D eigenvalue weighted by molar-refractivity contribution is -0.144. The van der Waals surface area contributed by atoms with Gasteiger partial charge >= 0.3 is 0 Å². The van der Waals surface area contributed by atoms with Gasteiger partial charge in [0.15, 0.2) is 0 Å². The second-order valence-electron chi connectivity index (χ2n) is 5.67. The maximum absolute atomic E-state index is 12.4. The lowest BCUT2D eigenvalue weighted by Gasteiger charge is -2.33. The second-order valence-corrected chi connectivity index (χ2v) is 5.67. The van der Waals surface area contributed by atoms with E-state index in [1.54, 1.807) is 4.90 Å². The molecule has 1 aromatic rings. The van der Waals surface area contributed by atoms with Gasteiger partial charge < -0.3 is 15.0 Å². The second kappa shape index (κ2) is 5.76. The predicted molar refractivity (Wildman–Crippen MR) is 78.1 cm³/mol. The molecule has 2 aliphatic rings. The Morgan fingerprint density at radius 3 is 2.95 bits per heavy atom. The number of nitrogens with one attached hydrogen (secondary N) is 1. The van der Waals surface area contributed by atoms with Crippen molar-refractivity contribution < 1.29 is 14.3 Å². The number of rotatable bonds is 4. The van der Waals surface area contributed by atoms with Crippen LogP contribution in [0.3, 0.4) is 0 Å². The van der Waals surface area contributed by atoms with Gasteiger partial charge in [-0.2, -0.15) is 0 Å². The van der Waals surface area contributed by atoms with Crippen LogP contribution in [0.25, 0.3) is 0 Å². The molecule has 0 radical (unpaired) electrons. The zero-order valence-corrected chi connectivity index (χ0v) is 12.2. The first-order chi connectivity index (χ1) is 10.2. The molecule has 1 aromatic carbocycles. The molecule has 2 unspecified atom stereocenters. The van der Waals surface area contributed by atoms with Gasteiger partial charge in [-0.05, 0) is 12.5 Å². The Balaban J connectivity index is 1.72. The van der Waals surface area contributed by atoms with Crippen molar-refractivity contribution in [1.82, 2.24) is 10.2 Å². The Labute approximate surface area is 124 Å². The zero-order valence-electron chi connectivity index (χ0n) is 12.2. The van der Waals surface area contributed by atoms with E-state index in [1.165, 1.54) is 0 Å². The fourth-order valence-corrected chi connectivity index (χ4v) is 3.06. The molecule has 0 saturated carbocycles. The minimum absolute atomic E-state index is 0.0285. The van der Waals surface area contributed by atoms with Gasteiger partial charge in [-0.15, -0.1) is 0 Å². The van der Waals surface area contributed by atoms with E-state index in [4.69, 9.17) is 4.74 Å². The number of benzene rings is 1. The number of ether oxygens (including phenoxy) is 1. The van der Waals surface area contributed by atoms with Gasteiger partial charge in [0.05, 0.1) is 13.2 Å². The van der Waals surface area contributed by atoms with Crippen LogP contribution < -0.4 is 10.1 Å². The van der Waals surface area contributed by atoms with E-state index in [2.05, 4.69) is 5.32 Å². The quantitative estimate of drug-likeness (QED) is 0.908. The Morgan fingerprint density at radius 2 is 2.14 bits per heavy atom. The summed E-state index contributed by atoms with van der Waals surface area (Å²) in [6.45, 7) is 3.28. The SMILES string of the molecule is CCCC1NC(=O)CN(CC2COc3ccccc32)C1=O. The number of carbonyl (C=O) groups excluding carboxylic acids is 2. The largest absolute Gasteiger partial charge is 0.493 e. The van der Waals surface area contributed by atoms with Gasteiger partial charge in [-0.1, -0.05) is 31.5 Å². The van der Waals surface area contributed by atoms with Gasteiger partial charge in [0.2, 0.25) is 11.8 Å². The normalized spacial score (nSPS) is 24.5. The molecule has 3 rings (SSSR count). The van der Waals surface area contributed by atoms with Crippen LogP contribution in [0.1, 0.15) is 31.2 Å². The van der Waals surface area contributed by atoms with Crippen molar-refractivity contribution in [2.24, 2.45) is 0 Å². The molecule has 112 valence electrons. The Kier molecular flexibility index (Phi) is 3.82. The number of amides is 2. The summed E-state index contributed by atoms with van der Waals surface area (Å²) in [6, 6.07) is 7.53. The number of para-hydroxylation sites is 1. The zero-order chi connectivity index (χ0) is 14.8. The van der Waals surface area contributed by atoms with E-state index in [9.17, 15) is 9.59 Å². The van der Waals surface area contributed by atoms with Crippen LogP contribution >= 0.6 is 0 Å². The Morgan fingerprint density at radius 1 is 1.33 bits per heavy atom. The summed E-state index contributed by atoms with van der Waals surface area (Å²) in [5, 5.41) is 2.78. The first-order valence-electron chi connectivity index (χ1n) is 7.49. The number of nitrogens with zero attached hydrogens (tertiary/aromatic N) is 1. The summed E-state index contributed by atoms with van der Waals surface area (Å²) in [4.78, 5) is 25.9. The summed E-state index contributed by atoms with van der Waals surface area (Å²) >= 11 is 0. The van der Waals surface area contributed by atoms with Gasteiger partial charge in [0.1, 0.15) is 11.8 Å². The first kappa shape index (κ1) is 13.9. The number of hydrogen-bond acceptors (Lipinski definition) is 3. The maximum Gasteiger partial charge on any atom is 0.245 e. The van der Waals surface area contributed by atoms with E-state index in [-0.39, 0.29) is 30.3 Å². The van der Waals surface area contributed by atoms with Crippen molar-refractivity contribution in [3.8, 4) is 5.75 Å². The van der Waals surface area contributed by atoms with Crippen molar-refractivity contribution >= 4 is 11.8 Å². The lowest BCUT2D eigenvalue weighted by atomic mass is 9.99. The molecule has 5 nitrogen and oxygen atoms in total. The molecule has 2 aliphatic heterocycles. The highest BCUT2D eigenvalue weighted by atomic mass is 16.5. The molecule has 5 heteroatoms. The van der Waals surface area contributed by atoms with Crippen molar-refractivity contribution in [2.75, 3.05) is 19.7 Å². The third-order valence-electron chi connectivity index (χ3n) is 4.10. The number of hydrogen-bond donors (Lipinski definition) is 1. The molecule has 0 aliphatic carbocycles. The Hall–Kier alpha value is -2.04. The highest BCUT2D eigenvalue weighted by molar-refractivity contribution is 5.94. The Bertz CT molecular complexity index is 558. The highest BCUT2D eigenvalue weighted by Gasteiger charge is 2.35. The molecule has 1 fully saturated rings. The molecule has 1 N–H and O–H groups in total. The summed E-state index contributed by atoms with van der Waals surface area (Å²) in [5.41, 5.74) is 1.13. The molecule has 0 spiro atoms. The summed E-state index contributed by atoms with van der Waals surface area (Å²) in [5.74, 6) is 1.00. The summed E-state index contributed by atoms with van der Waals surface area (Å²) < 4.78 is 5.65. The molecule has 2 amide bonds. The van der Waals surface area contributed by atoms with Crippen molar-refractivity contribution in [2.45, 2.75) is 31.7 Å². The van der Waals surface area contributed by atoms with Crippen LogP contribution in [-0.4, -0.2) is 42.5 Å². The minimum atomic E-state index is -0.367. The van der Waals surface area contributed by atoms with E-state index < -0.39 is 0 Å². The molecule has 2 atom stereocenters. The average Bonchev–Trinajstić information content (AvgIpc) is 2.88. The topological polar surface area (TPSA) is 58.6 Å². The van der Waals surface area contributed by atoms with E-state index in [0.717, 1.165) is 17.7 Å². The maximum atomic E-state index is 12.4. The standard InChI is InChI=1S/C16H20N2O3/c1-2-5-13-16(20)18(9-15(19)17-13)8-11-10-21-14-7-4-3-6-12(11)14/h3-4,6-7,11,13H,2,5,8-10H2,1H3,(H,17,19).